The molecule has 0 heterocycles. The largest absolute Gasteiger partial charge is 0.454 e. The van der Waals surface area contributed by atoms with Gasteiger partial charge in [-0.25, -0.2) is 0 Å². The van der Waals surface area contributed by atoms with Crippen LogP contribution in [-0.4, -0.2) is 35.9 Å². The van der Waals surface area contributed by atoms with Crippen molar-refractivity contribution in [1.29, 1.82) is 0 Å². The first-order chi connectivity index (χ1) is 13.4. The van der Waals surface area contributed by atoms with E-state index in [-0.39, 0.29) is 17.3 Å². The molecule has 2 aromatic carbocycles. The number of carbonyl (C=O) groups is 3. The number of non-ortho nitro benzene ring substituents is 1. The Hall–Kier alpha value is -3.75. The molecule has 146 valence electrons. The summed E-state index contributed by atoms with van der Waals surface area (Å²) in [5.74, 6) is -1.95. The van der Waals surface area contributed by atoms with Gasteiger partial charge in [0.1, 0.15) is 6.54 Å². The quantitative estimate of drug-likeness (QED) is 0.405. The van der Waals surface area contributed by atoms with Crippen LogP contribution in [0.15, 0.2) is 54.6 Å². The minimum Gasteiger partial charge on any atom is -0.454 e. The van der Waals surface area contributed by atoms with E-state index in [2.05, 4.69) is 10.6 Å². The van der Waals surface area contributed by atoms with Crippen molar-refractivity contribution < 1.29 is 24.0 Å². The smallest absolute Gasteiger partial charge is 0.325 e. The normalized spacial score (nSPS) is 11.2. The van der Waals surface area contributed by atoms with Crippen molar-refractivity contribution in [2.24, 2.45) is 0 Å². The van der Waals surface area contributed by atoms with Gasteiger partial charge in [-0.2, -0.15) is 0 Å². The molecule has 0 aliphatic heterocycles. The summed E-state index contributed by atoms with van der Waals surface area (Å²) < 4.78 is 4.81. The van der Waals surface area contributed by atoms with Crippen LogP contribution in [0.4, 0.5) is 5.69 Å². The number of carbonyl (C=O) groups excluding carboxylic acids is 3. The average Bonchev–Trinajstić information content (AvgIpc) is 2.71. The van der Waals surface area contributed by atoms with Gasteiger partial charge in [-0.15, -0.1) is 0 Å². The van der Waals surface area contributed by atoms with Gasteiger partial charge >= 0.3 is 5.97 Å². The van der Waals surface area contributed by atoms with Crippen molar-refractivity contribution in [3.8, 4) is 0 Å². The lowest BCUT2D eigenvalue weighted by atomic mass is 10.1. The lowest BCUT2D eigenvalue weighted by molar-refractivity contribution is -0.384. The summed E-state index contributed by atoms with van der Waals surface area (Å²) in [6.45, 7) is 0.847. The maximum Gasteiger partial charge on any atom is 0.325 e. The maximum absolute atomic E-state index is 11.9. The van der Waals surface area contributed by atoms with Crippen LogP contribution < -0.4 is 10.6 Å². The number of ether oxygens (including phenoxy) is 1. The van der Waals surface area contributed by atoms with E-state index in [1.807, 2.05) is 30.3 Å². The van der Waals surface area contributed by atoms with E-state index in [9.17, 15) is 24.5 Å². The van der Waals surface area contributed by atoms with Crippen LogP contribution >= 0.6 is 0 Å². The van der Waals surface area contributed by atoms with Crippen molar-refractivity contribution in [3.05, 3.63) is 75.8 Å². The molecule has 9 heteroatoms. The number of nitrogens with one attached hydrogen (secondary N) is 2. The van der Waals surface area contributed by atoms with Gasteiger partial charge in [-0.05, 0) is 18.6 Å². The fraction of sp³-hybridized carbons (Fsp3) is 0.211. The molecule has 0 spiro atoms. The van der Waals surface area contributed by atoms with Crippen LogP contribution in [0.2, 0.25) is 0 Å². The molecule has 2 N–H and O–H groups in total. The second kappa shape index (κ2) is 9.81. The van der Waals surface area contributed by atoms with E-state index in [0.717, 1.165) is 11.6 Å². The van der Waals surface area contributed by atoms with E-state index in [4.69, 9.17) is 4.74 Å². The fourth-order valence-corrected chi connectivity index (χ4v) is 2.32. The maximum atomic E-state index is 11.9. The number of rotatable bonds is 8. The number of hydrogen-bond donors (Lipinski definition) is 2. The van der Waals surface area contributed by atoms with Crippen LogP contribution in [0, 0.1) is 10.1 Å². The third kappa shape index (κ3) is 6.20. The molecule has 2 rings (SSSR count). The molecule has 0 fully saturated rings. The number of nitrogens with zero attached hydrogens (tertiary/aromatic N) is 1. The molecule has 0 aromatic heterocycles. The highest BCUT2D eigenvalue weighted by molar-refractivity contribution is 5.96. The molecule has 0 unspecified atom stereocenters. The molecule has 0 bridgehead atoms. The molecule has 2 amide bonds. The summed E-state index contributed by atoms with van der Waals surface area (Å²) >= 11 is 0. The zero-order valence-corrected chi connectivity index (χ0v) is 15.1. The predicted molar refractivity (Wildman–Crippen MR) is 99.4 cm³/mol. The average molecular weight is 385 g/mol. The summed E-state index contributed by atoms with van der Waals surface area (Å²) in [6, 6.07) is 14.1. The number of nitro groups is 1. The number of benzene rings is 2. The number of nitro benzene ring substituents is 1. The molecule has 0 aliphatic rings. The summed E-state index contributed by atoms with van der Waals surface area (Å²) in [4.78, 5) is 45.6. The minimum atomic E-state index is -0.804. The van der Waals surface area contributed by atoms with E-state index in [0.29, 0.717) is 0 Å². The summed E-state index contributed by atoms with van der Waals surface area (Å²) in [7, 11) is 0. The van der Waals surface area contributed by atoms with E-state index in [1.165, 1.54) is 18.2 Å². The first-order valence-electron chi connectivity index (χ1n) is 8.39. The molecular weight excluding hydrogens is 366 g/mol. The van der Waals surface area contributed by atoms with E-state index in [1.54, 1.807) is 6.92 Å². The van der Waals surface area contributed by atoms with E-state index >= 15 is 0 Å². The zero-order chi connectivity index (χ0) is 20.5. The summed E-state index contributed by atoms with van der Waals surface area (Å²) in [6.07, 6.45) is 0. The van der Waals surface area contributed by atoms with E-state index < -0.39 is 35.9 Å². The topological polar surface area (TPSA) is 128 Å². The van der Waals surface area contributed by atoms with Crippen molar-refractivity contribution in [2.75, 3.05) is 13.2 Å². The Bertz CT molecular complexity index is 869. The Morgan fingerprint density at radius 1 is 1.11 bits per heavy atom. The summed E-state index contributed by atoms with van der Waals surface area (Å²) in [5.41, 5.74) is 0.710. The molecule has 0 saturated heterocycles. The Labute approximate surface area is 160 Å². The predicted octanol–water partition coefficient (Wildman–Crippen LogP) is 1.75. The van der Waals surface area contributed by atoms with Crippen molar-refractivity contribution in [3.63, 3.8) is 0 Å². The van der Waals surface area contributed by atoms with Gasteiger partial charge < -0.3 is 15.4 Å². The molecule has 2 aromatic rings. The number of esters is 1. The third-order valence-corrected chi connectivity index (χ3v) is 3.75. The summed E-state index contributed by atoms with van der Waals surface area (Å²) in [5, 5.41) is 15.7. The SMILES string of the molecule is C[C@@H](NC(=O)COC(=O)CNC(=O)c1cccc([N+](=O)[O-])c1)c1ccccc1. The van der Waals surface area contributed by atoms with Crippen LogP contribution in [0.3, 0.4) is 0 Å². The van der Waals surface area contributed by atoms with Gasteiger partial charge in [0.05, 0.1) is 11.0 Å². The Kier molecular flexibility index (Phi) is 7.21. The van der Waals surface area contributed by atoms with Gasteiger partial charge in [0.25, 0.3) is 17.5 Å². The molecule has 0 saturated carbocycles. The standard InChI is InChI=1S/C19H19N3O6/c1-13(14-6-3-2-4-7-14)21-17(23)12-28-18(24)11-20-19(25)15-8-5-9-16(10-15)22(26)27/h2-10,13H,11-12H2,1H3,(H,20,25)(H,21,23)/t13-/m1/s1. The molecule has 1 atom stereocenters. The van der Waals surface area contributed by atoms with Crippen molar-refractivity contribution in [1.82, 2.24) is 10.6 Å². The highest BCUT2D eigenvalue weighted by atomic mass is 16.6. The zero-order valence-electron chi connectivity index (χ0n) is 15.1. The lowest BCUT2D eigenvalue weighted by Crippen LogP contribution is -2.34. The molecule has 0 aliphatic carbocycles. The fourth-order valence-electron chi connectivity index (χ4n) is 2.32. The van der Waals surface area contributed by atoms with Gasteiger partial charge in [-0.1, -0.05) is 36.4 Å². The van der Waals surface area contributed by atoms with Gasteiger partial charge in [-0.3, -0.25) is 24.5 Å². The highest BCUT2D eigenvalue weighted by Crippen LogP contribution is 2.13. The van der Waals surface area contributed by atoms with Crippen LogP contribution in [0.25, 0.3) is 0 Å². The van der Waals surface area contributed by atoms with Gasteiger partial charge in [0, 0.05) is 17.7 Å². The minimum absolute atomic E-state index is 0.0384. The third-order valence-electron chi connectivity index (χ3n) is 3.75. The first-order valence-corrected chi connectivity index (χ1v) is 8.39. The molecule has 9 nitrogen and oxygen atoms in total. The monoisotopic (exact) mass is 385 g/mol. The van der Waals surface area contributed by atoms with Crippen LogP contribution in [0.5, 0.6) is 0 Å². The number of amides is 2. The highest BCUT2D eigenvalue weighted by Gasteiger charge is 2.14. The number of hydrogen-bond acceptors (Lipinski definition) is 6. The second-order valence-electron chi connectivity index (χ2n) is 5.85. The molecular formula is C19H19N3O6. The van der Waals surface area contributed by atoms with Crippen molar-refractivity contribution in [2.45, 2.75) is 13.0 Å². The Morgan fingerprint density at radius 2 is 1.82 bits per heavy atom. The first kappa shape index (κ1) is 20.6. The Morgan fingerprint density at radius 3 is 2.50 bits per heavy atom. The second-order valence-corrected chi connectivity index (χ2v) is 5.85. The molecule has 28 heavy (non-hydrogen) atoms. The van der Waals surface area contributed by atoms with Crippen LogP contribution in [0.1, 0.15) is 28.9 Å². The Balaban J connectivity index is 1.75. The van der Waals surface area contributed by atoms with Crippen molar-refractivity contribution >= 4 is 23.5 Å². The lowest BCUT2D eigenvalue weighted by Gasteiger charge is -2.14. The van der Waals surface area contributed by atoms with Gasteiger partial charge in [0.2, 0.25) is 0 Å². The molecule has 0 radical (unpaired) electrons. The van der Waals surface area contributed by atoms with Crippen LogP contribution in [-0.2, 0) is 14.3 Å². The van der Waals surface area contributed by atoms with Gasteiger partial charge in [0.15, 0.2) is 6.61 Å².